The van der Waals surface area contributed by atoms with Gasteiger partial charge in [0.2, 0.25) is 5.89 Å². The molecule has 33 heavy (non-hydrogen) atoms. The molecule has 0 unspecified atom stereocenters. The first-order valence-electron chi connectivity index (χ1n) is 11.0. The molecule has 2 aromatic heterocycles. The van der Waals surface area contributed by atoms with Gasteiger partial charge in [-0.1, -0.05) is 30.3 Å². The van der Waals surface area contributed by atoms with Crippen molar-refractivity contribution in [3.05, 3.63) is 60.2 Å². The van der Waals surface area contributed by atoms with Crippen molar-refractivity contribution in [3.8, 4) is 28.6 Å². The lowest BCUT2D eigenvalue weighted by Gasteiger charge is -2.11. The summed E-state index contributed by atoms with van der Waals surface area (Å²) in [5.74, 6) is 4.18. The zero-order valence-electron chi connectivity index (χ0n) is 19.0. The third-order valence-electron chi connectivity index (χ3n) is 4.98. The summed E-state index contributed by atoms with van der Waals surface area (Å²) in [6.45, 7) is 4.73. The Balaban J connectivity index is 1.63. The van der Waals surface area contributed by atoms with Gasteiger partial charge in [0.15, 0.2) is 16.8 Å². The maximum absolute atomic E-state index is 5.60. The first-order valence-corrected chi connectivity index (χ1v) is 12.0. The fourth-order valence-corrected chi connectivity index (χ4v) is 4.08. The molecule has 0 spiro atoms. The molecule has 2 aromatic carbocycles. The van der Waals surface area contributed by atoms with E-state index in [0.29, 0.717) is 18.3 Å². The highest BCUT2D eigenvalue weighted by atomic mass is 32.2. The van der Waals surface area contributed by atoms with Gasteiger partial charge in [-0.25, -0.2) is 0 Å². The molecule has 0 fully saturated rings. The zero-order chi connectivity index (χ0) is 23.0. The van der Waals surface area contributed by atoms with Crippen LogP contribution in [0.4, 0.5) is 0 Å². The van der Waals surface area contributed by atoms with E-state index in [1.54, 1.807) is 7.11 Å². The lowest BCUT2D eigenvalue weighted by atomic mass is 10.2. The molecule has 0 atom stereocenters. The first kappa shape index (κ1) is 22.8. The molecule has 0 saturated heterocycles. The number of aromatic nitrogens is 5. The maximum atomic E-state index is 5.60. The summed E-state index contributed by atoms with van der Waals surface area (Å²) in [6, 6.07) is 15.7. The van der Waals surface area contributed by atoms with Gasteiger partial charge in [-0.3, -0.25) is 4.57 Å². The summed E-state index contributed by atoms with van der Waals surface area (Å²) in [6.07, 6.45) is 2.97. The van der Waals surface area contributed by atoms with Crippen LogP contribution in [0.5, 0.6) is 11.5 Å². The van der Waals surface area contributed by atoms with Crippen molar-refractivity contribution in [1.82, 2.24) is 24.9 Å². The fourth-order valence-electron chi connectivity index (χ4n) is 3.29. The Kier molecular flexibility index (Phi) is 7.62. The number of benzene rings is 2. The number of thioether (sulfide) groups is 1. The minimum Gasteiger partial charge on any atom is -0.497 e. The van der Waals surface area contributed by atoms with Crippen LogP contribution in [0.15, 0.2) is 58.2 Å². The molecule has 0 radical (unpaired) electrons. The summed E-state index contributed by atoms with van der Waals surface area (Å²) in [5, 5.41) is 13.8. The molecular weight excluding hydrogens is 438 g/mol. The molecule has 2 heterocycles. The SMILES string of the molecule is CCCCc1noc(CSc2nnc(-c3ccc(OC)cc3)n2-c2ccc(OCC)cc2)n1. The molecule has 4 aromatic rings. The molecule has 4 rings (SSSR count). The number of hydrogen-bond donors (Lipinski definition) is 0. The average Bonchev–Trinajstić information content (AvgIpc) is 3.49. The van der Waals surface area contributed by atoms with Crippen LogP contribution in [-0.4, -0.2) is 38.6 Å². The van der Waals surface area contributed by atoms with Gasteiger partial charge in [-0.15, -0.1) is 10.2 Å². The Morgan fingerprint density at radius 1 is 0.970 bits per heavy atom. The molecule has 9 heteroatoms. The third-order valence-corrected chi connectivity index (χ3v) is 5.89. The quantitative estimate of drug-likeness (QED) is 0.274. The normalized spacial score (nSPS) is 11.0. The Bertz CT molecular complexity index is 1160. The highest BCUT2D eigenvalue weighted by Crippen LogP contribution is 2.31. The highest BCUT2D eigenvalue weighted by molar-refractivity contribution is 7.98. The van der Waals surface area contributed by atoms with Crippen molar-refractivity contribution in [1.29, 1.82) is 0 Å². The Morgan fingerprint density at radius 2 is 1.73 bits per heavy atom. The molecule has 0 aliphatic rings. The molecular formula is C24H27N5O3S. The number of rotatable bonds is 11. The van der Waals surface area contributed by atoms with Crippen LogP contribution in [0.2, 0.25) is 0 Å². The van der Waals surface area contributed by atoms with E-state index >= 15 is 0 Å². The number of hydrogen-bond acceptors (Lipinski definition) is 8. The van der Waals surface area contributed by atoms with Gasteiger partial charge in [-0.2, -0.15) is 4.98 Å². The van der Waals surface area contributed by atoms with Crippen molar-refractivity contribution >= 4 is 11.8 Å². The summed E-state index contributed by atoms with van der Waals surface area (Å²) in [7, 11) is 1.65. The van der Waals surface area contributed by atoms with Gasteiger partial charge in [0.1, 0.15) is 11.5 Å². The monoisotopic (exact) mass is 465 g/mol. The Labute approximate surface area is 197 Å². The van der Waals surface area contributed by atoms with Crippen LogP contribution in [0.25, 0.3) is 17.1 Å². The summed E-state index contributed by atoms with van der Waals surface area (Å²) < 4.78 is 18.3. The maximum Gasteiger partial charge on any atom is 0.237 e. The number of unbranched alkanes of at least 4 members (excludes halogenated alkanes) is 1. The van der Waals surface area contributed by atoms with Crippen molar-refractivity contribution < 1.29 is 14.0 Å². The van der Waals surface area contributed by atoms with E-state index in [1.165, 1.54) is 11.8 Å². The second kappa shape index (κ2) is 11.0. The van der Waals surface area contributed by atoms with Crippen LogP contribution in [0.1, 0.15) is 38.4 Å². The van der Waals surface area contributed by atoms with Crippen molar-refractivity contribution in [2.24, 2.45) is 0 Å². The smallest absolute Gasteiger partial charge is 0.237 e. The van der Waals surface area contributed by atoms with Crippen LogP contribution < -0.4 is 9.47 Å². The minimum absolute atomic E-state index is 0.511. The van der Waals surface area contributed by atoms with Crippen LogP contribution in [0.3, 0.4) is 0 Å². The molecule has 0 N–H and O–H groups in total. The molecule has 8 nitrogen and oxygen atoms in total. The van der Waals surface area contributed by atoms with Crippen LogP contribution in [0, 0.1) is 0 Å². The van der Waals surface area contributed by atoms with E-state index in [4.69, 9.17) is 14.0 Å². The van der Waals surface area contributed by atoms with E-state index in [0.717, 1.165) is 58.8 Å². The van der Waals surface area contributed by atoms with Gasteiger partial charge in [0, 0.05) is 17.7 Å². The van der Waals surface area contributed by atoms with Crippen molar-refractivity contribution in [2.45, 2.75) is 44.0 Å². The van der Waals surface area contributed by atoms with Gasteiger partial charge in [-0.05, 0) is 61.9 Å². The lowest BCUT2D eigenvalue weighted by molar-refractivity contribution is 0.340. The summed E-state index contributed by atoms with van der Waals surface area (Å²) in [5.41, 5.74) is 1.87. The minimum atomic E-state index is 0.511. The van der Waals surface area contributed by atoms with Crippen molar-refractivity contribution in [2.75, 3.05) is 13.7 Å². The number of ether oxygens (including phenoxy) is 2. The van der Waals surface area contributed by atoms with Crippen molar-refractivity contribution in [3.63, 3.8) is 0 Å². The predicted octanol–water partition coefficient (Wildman–Crippen LogP) is 5.36. The predicted molar refractivity (Wildman–Crippen MR) is 127 cm³/mol. The average molecular weight is 466 g/mol. The van der Waals surface area contributed by atoms with Crippen LogP contribution in [-0.2, 0) is 12.2 Å². The van der Waals surface area contributed by atoms with E-state index in [2.05, 4.69) is 27.3 Å². The summed E-state index contributed by atoms with van der Waals surface area (Å²) >= 11 is 1.51. The van der Waals surface area contributed by atoms with E-state index < -0.39 is 0 Å². The van der Waals surface area contributed by atoms with Crippen LogP contribution >= 0.6 is 11.8 Å². The fraction of sp³-hybridized carbons (Fsp3) is 0.333. The molecule has 0 bridgehead atoms. The van der Waals surface area contributed by atoms with Gasteiger partial charge < -0.3 is 14.0 Å². The molecule has 0 saturated carbocycles. The van der Waals surface area contributed by atoms with Gasteiger partial charge >= 0.3 is 0 Å². The molecule has 172 valence electrons. The Hall–Kier alpha value is -3.33. The first-order chi connectivity index (χ1) is 16.2. The van der Waals surface area contributed by atoms with E-state index in [9.17, 15) is 0 Å². The van der Waals surface area contributed by atoms with Gasteiger partial charge in [0.25, 0.3) is 0 Å². The molecule has 0 aliphatic carbocycles. The molecule has 0 amide bonds. The van der Waals surface area contributed by atoms with E-state index in [1.807, 2.05) is 60.0 Å². The van der Waals surface area contributed by atoms with E-state index in [-0.39, 0.29) is 0 Å². The zero-order valence-corrected chi connectivity index (χ0v) is 19.8. The lowest BCUT2D eigenvalue weighted by Crippen LogP contribution is -2.00. The standard InChI is InChI=1S/C24H27N5O3S/c1-4-6-7-21-25-22(32-28-21)16-33-24-27-26-23(17-8-12-19(30-3)13-9-17)29(24)18-10-14-20(15-11-18)31-5-2/h8-15H,4-7,16H2,1-3H3. The third kappa shape index (κ3) is 5.54. The Morgan fingerprint density at radius 3 is 2.42 bits per heavy atom. The van der Waals surface area contributed by atoms with Gasteiger partial charge in [0.05, 0.1) is 19.5 Å². The topological polar surface area (TPSA) is 88.1 Å². The second-order valence-electron chi connectivity index (χ2n) is 7.29. The largest absolute Gasteiger partial charge is 0.497 e. The second-order valence-corrected chi connectivity index (χ2v) is 8.24. The number of nitrogens with zero attached hydrogens (tertiary/aromatic N) is 5. The summed E-state index contributed by atoms with van der Waals surface area (Å²) in [4.78, 5) is 4.49. The number of aryl methyl sites for hydroxylation is 1. The highest BCUT2D eigenvalue weighted by Gasteiger charge is 2.18. The molecule has 0 aliphatic heterocycles. The number of methoxy groups -OCH3 is 1.